The molecule has 0 unspecified atom stereocenters. The number of aliphatic hydroxyl groups excluding tert-OH is 1. The molecule has 0 amide bonds. The highest BCUT2D eigenvalue weighted by molar-refractivity contribution is 7.19. The molecule has 0 aromatic carbocycles. The van der Waals surface area contributed by atoms with Gasteiger partial charge in [0, 0.05) is 35.9 Å². The zero-order valence-corrected chi connectivity index (χ0v) is 15.5. The number of piperidine rings is 1. The SMILES string of the molecule is OC1CCN(c2nc(-c3ccncc3)nc3sc4c(c23)CCCC4)CC1. The minimum atomic E-state index is -0.181. The van der Waals surface area contributed by atoms with E-state index in [0.29, 0.717) is 0 Å². The molecule has 1 fully saturated rings. The second kappa shape index (κ2) is 6.59. The molecular weight excluding hydrogens is 344 g/mol. The lowest BCUT2D eigenvalue weighted by atomic mass is 9.96. The van der Waals surface area contributed by atoms with Crippen molar-refractivity contribution in [3.05, 3.63) is 35.0 Å². The quantitative estimate of drug-likeness (QED) is 0.751. The molecule has 26 heavy (non-hydrogen) atoms. The van der Waals surface area contributed by atoms with Crippen molar-refractivity contribution in [1.29, 1.82) is 0 Å². The van der Waals surface area contributed by atoms with E-state index in [4.69, 9.17) is 9.97 Å². The van der Waals surface area contributed by atoms with Gasteiger partial charge in [-0.15, -0.1) is 11.3 Å². The van der Waals surface area contributed by atoms with Crippen molar-refractivity contribution in [3.63, 3.8) is 0 Å². The normalized spacial score (nSPS) is 18.3. The number of fused-ring (bicyclic) bond motifs is 3. The maximum Gasteiger partial charge on any atom is 0.163 e. The van der Waals surface area contributed by atoms with Crippen molar-refractivity contribution >= 4 is 27.4 Å². The van der Waals surface area contributed by atoms with Crippen LogP contribution in [0.4, 0.5) is 5.82 Å². The Morgan fingerprint density at radius 2 is 1.81 bits per heavy atom. The average molecular weight is 366 g/mol. The molecule has 2 aliphatic rings. The lowest BCUT2D eigenvalue weighted by Gasteiger charge is -2.31. The van der Waals surface area contributed by atoms with Crippen LogP contribution in [0.2, 0.25) is 0 Å². The molecule has 0 atom stereocenters. The van der Waals surface area contributed by atoms with E-state index in [1.165, 1.54) is 35.1 Å². The van der Waals surface area contributed by atoms with Crippen molar-refractivity contribution in [2.45, 2.75) is 44.6 Å². The molecule has 134 valence electrons. The monoisotopic (exact) mass is 366 g/mol. The predicted molar refractivity (Wildman–Crippen MR) is 105 cm³/mol. The van der Waals surface area contributed by atoms with E-state index >= 15 is 0 Å². The van der Waals surface area contributed by atoms with Gasteiger partial charge in [0.25, 0.3) is 0 Å². The van der Waals surface area contributed by atoms with Gasteiger partial charge in [-0.1, -0.05) is 0 Å². The molecule has 1 saturated heterocycles. The zero-order valence-electron chi connectivity index (χ0n) is 14.7. The second-order valence-electron chi connectivity index (χ2n) is 7.22. The number of thiophene rings is 1. The highest BCUT2D eigenvalue weighted by atomic mass is 32.1. The largest absolute Gasteiger partial charge is 0.393 e. The van der Waals surface area contributed by atoms with Gasteiger partial charge in [0.05, 0.1) is 11.5 Å². The summed E-state index contributed by atoms with van der Waals surface area (Å²) in [6.07, 6.45) is 9.84. The molecule has 3 aromatic rings. The number of hydrogen-bond acceptors (Lipinski definition) is 6. The van der Waals surface area contributed by atoms with Gasteiger partial charge in [-0.3, -0.25) is 4.98 Å². The third-order valence-corrected chi connectivity index (χ3v) is 6.68. The molecule has 0 radical (unpaired) electrons. The average Bonchev–Trinajstić information content (AvgIpc) is 3.07. The van der Waals surface area contributed by atoms with Crippen LogP contribution < -0.4 is 4.90 Å². The number of hydrogen-bond donors (Lipinski definition) is 1. The number of rotatable bonds is 2. The van der Waals surface area contributed by atoms with Crippen LogP contribution in [0.15, 0.2) is 24.5 Å². The third-order valence-electron chi connectivity index (χ3n) is 5.50. The van der Waals surface area contributed by atoms with Crippen molar-refractivity contribution < 1.29 is 5.11 Å². The maximum absolute atomic E-state index is 9.91. The summed E-state index contributed by atoms with van der Waals surface area (Å²) < 4.78 is 0. The van der Waals surface area contributed by atoms with E-state index < -0.39 is 0 Å². The standard InChI is InChI=1S/C20H22N4OS/c25-14-7-11-24(12-8-14)19-17-15-3-1-2-4-16(15)26-20(17)23-18(22-19)13-5-9-21-10-6-13/h5-6,9-10,14,25H,1-4,7-8,11-12H2. The molecule has 5 nitrogen and oxygen atoms in total. The summed E-state index contributed by atoms with van der Waals surface area (Å²) in [7, 11) is 0. The molecule has 3 aromatic heterocycles. The maximum atomic E-state index is 9.91. The number of pyridine rings is 1. The zero-order chi connectivity index (χ0) is 17.5. The van der Waals surface area contributed by atoms with Gasteiger partial charge in [-0.25, -0.2) is 9.97 Å². The Morgan fingerprint density at radius 3 is 2.62 bits per heavy atom. The molecule has 4 heterocycles. The first-order valence-electron chi connectivity index (χ1n) is 9.45. The highest BCUT2D eigenvalue weighted by Gasteiger charge is 2.26. The van der Waals surface area contributed by atoms with Gasteiger partial charge in [-0.05, 0) is 56.2 Å². The van der Waals surface area contributed by atoms with Crippen molar-refractivity contribution in [1.82, 2.24) is 15.0 Å². The summed E-state index contributed by atoms with van der Waals surface area (Å²) in [6, 6.07) is 3.94. The molecule has 1 N–H and O–H groups in total. The Hall–Kier alpha value is -2.05. The highest BCUT2D eigenvalue weighted by Crippen LogP contribution is 2.41. The molecule has 0 spiro atoms. The first kappa shape index (κ1) is 16.1. The summed E-state index contributed by atoms with van der Waals surface area (Å²) in [6.45, 7) is 1.71. The lowest BCUT2D eigenvalue weighted by Crippen LogP contribution is -2.36. The van der Waals surface area contributed by atoms with E-state index in [9.17, 15) is 5.11 Å². The first-order valence-corrected chi connectivity index (χ1v) is 10.3. The van der Waals surface area contributed by atoms with E-state index in [1.54, 1.807) is 12.4 Å². The van der Waals surface area contributed by atoms with Gasteiger partial charge in [0.1, 0.15) is 10.6 Å². The van der Waals surface area contributed by atoms with Gasteiger partial charge < -0.3 is 10.0 Å². The Kier molecular flexibility index (Phi) is 4.10. The third kappa shape index (κ3) is 2.77. The van der Waals surface area contributed by atoms with Crippen molar-refractivity contribution in [3.8, 4) is 11.4 Å². The summed E-state index contributed by atoms with van der Waals surface area (Å²) in [5.41, 5.74) is 2.48. The fraction of sp³-hybridized carbons (Fsp3) is 0.450. The van der Waals surface area contributed by atoms with Crippen LogP contribution in [0.5, 0.6) is 0 Å². The Morgan fingerprint density at radius 1 is 1.04 bits per heavy atom. The minimum Gasteiger partial charge on any atom is -0.393 e. The molecule has 1 aliphatic carbocycles. The van der Waals surface area contributed by atoms with Gasteiger partial charge in [-0.2, -0.15) is 0 Å². The van der Waals surface area contributed by atoms with E-state index in [2.05, 4.69) is 9.88 Å². The fourth-order valence-corrected chi connectivity index (χ4v) is 5.33. The predicted octanol–water partition coefficient (Wildman–Crippen LogP) is 3.59. The summed E-state index contributed by atoms with van der Waals surface area (Å²) >= 11 is 1.84. The number of aromatic nitrogens is 3. The number of nitrogens with zero attached hydrogens (tertiary/aromatic N) is 4. The smallest absolute Gasteiger partial charge is 0.163 e. The molecular formula is C20H22N4OS. The number of aliphatic hydroxyl groups is 1. The van der Waals surface area contributed by atoms with Crippen LogP contribution in [0.3, 0.4) is 0 Å². The van der Waals surface area contributed by atoms with E-state index in [1.807, 2.05) is 23.5 Å². The molecule has 5 rings (SSSR count). The van der Waals surface area contributed by atoms with Crippen molar-refractivity contribution in [2.24, 2.45) is 0 Å². The van der Waals surface area contributed by atoms with E-state index in [-0.39, 0.29) is 6.10 Å². The topological polar surface area (TPSA) is 62.1 Å². The van der Waals surface area contributed by atoms with Gasteiger partial charge in [0.2, 0.25) is 0 Å². The van der Waals surface area contributed by atoms with Crippen LogP contribution in [0.25, 0.3) is 21.6 Å². The van der Waals surface area contributed by atoms with Crippen LogP contribution in [0, 0.1) is 0 Å². The Balaban J connectivity index is 1.70. The fourth-order valence-electron chi connectivity index (χ4n) is 4.07. The molecule has 1 aliphatic heterocycles. The molecule has 0 saturated carbocycles. The molecule has 6 heteroatoms. The summed E-state index contributed by atoms with van der Waals surface area (Å²) in [4.78, 5) is 19.0. The van der Waals surface area contributed by atoms with Gasteiger partial charge in [0.15, 0.2) is 5.82 Å². The molecule has 0 bridgehead atoms. The van der Waals surface area contributed by atoms with E-state index in [0.717, 1.165) is 54.4 Å². The van der Waals surface area contributed by atoms with Crippen LogP contribution in [-0.4, -0.2) is 39.3 Å². The first-order chi connectivity index (χ1) is 12.8. The minimum absolute atomic E-state index is 0.181. The van der Waals surface area contributed by atoms with Crippen LogP contribution >= 0.6 is 11.3 Å². The second-order valence-corrected chi connectivity index (χ2v) is 8.30. The number of anilines is 1. The number of aryl methyl sites for hydroxylation is 2. The van der Waals surface area contributed by atoms with Crippen LogP contribution in [-0.2, 0) is 12.8 Å². The Bertz CT molecular complexity index is 932. The van der Waals surface area contributed by atoms with Crippen molar-refractivity contribution in [2.75, 3.05) is 18.0 Å². The lowest BCUT2D eigenvalue weighted by molar-refractivity contribution is 0.145. The van der Waals surface area contributed by atoms with Crippen LogP contribution in [0.1, 0.15) is 36.1 Å². The van der Waals surface area contributed by atoms with Gasteiger partial charge >= 0.3 is 0 Å². The summed E-state index contributed by atoms with van der Waals surface area (Å²) in [5, 5.41) is 11.2. The Labute approximate surface area is 156 Å². The summed E-state index contributed by atoms with van der Waals surface area (Å²) in [5.74, 6) is 1.84.